The van der Waals surface area contributed by atoms with Crippen LogP contribution in [-0.2, 0) is 0 Å². The molecule has 2 rings (SSSR count). The third-order valence-corrected chi connectivity index (χ3v) is 2.85. The zero-order valence-corrected chi connectivity index (χ0v) is 10.2. The average molecular weight is 231 g/mol. The summed E-state index contributed by atoms with van der Waals surface area (Å²) in [5.41, 5.74) is 2.07. The van der Waals surface area contributed by atoms with Gasteiger partial charge in [-0.3, -0.25) is 0 Å². The maximum Gasteiger partial charge on any atom is 0.247 e. The SMILES string of the molecule is CCC(CC)Nc1ccc(-c2nnco2)cc1. The number of aromatic nitrogens is 2. The summed E-state index contributed by atoms with van der Waals surface area (Å²) in [4.78, 5) is 0. The van der Waals surface area contributed by atoms with E-state index in [9.17, 15) is 0 Å². The Bertz CT molecular complexity index is 432. The Balaban J connectivity index is 2.08. The monoisotopic (exact) mass is 231 g/mol. The van der Waals surface area contributed by atoms with E-state index in [0.717, 1.165) is 24.1 Å². The molecule has 0 spiro atoms. The van der Waals surface area contributed by atoms with Crippen LogP contribution in [-0.4, -0.2) is 16.2 Å². The molecule has 4 nitrogen and oxygen atoms in total. The topological polar surface area (TPSA) is 51.0 Å². The third kappa shape index (κ3) is 2.84. The smallest absolute Gasteiger partial charge is 0.247 e. The van der Waals surface area contributed by atoms with Gasteiger partial charge in [0.1, 0.15) is 0 Å². The number of hydrogen-bond acceptors (Lipinski definition) is 4. The van der Waals surface area contributed by atoms with E-state index in [-0.39, 0.29) is 0 Å². The van der Waals surface area contributed by atoms with Gasteiger partial charge in [0.15, 0.2) is 0 Å². The zero-order chi connectivity index (χ0) is 12.1. The molecule has 4 heteroatoms. The van der Waals surface area contributed by atoms with Crippen LogP contribution in [0, 0.1) is 0 Å². The molecule has 0 atom stereocenters. The molecule has 0 fully saturated rings. The predicted octanol–water partition coefficient (Wildman–Crippen LogP) is 3.34. The largest absolute Gasteiger partial charge is 0.423 e. The van der Waals surface area contributed by atoms with Crippen LogP contribution >= 0.6 is 0 Å². The Hall–Kier alpha value is -1.84. The number of anilines is 1. The predicted molar refractivity (Wildman–Crippen MR) is 67.7 cm³/mol. The van der Waals surface area contributed by atoms with Crippen LogP contribution in [0.1, 0.15) is 26.7 Å². The molecule has 0 aliphatic heterocycles. The summed E-state index contributed by atoms with van der Waals surface area (Å²) in [6.07, 6.45) is 3.59. The van der Waals surface area contributed by atoms with Crippen LogP contribution in [0.3, 0.4) is 0 Å². The fourth-order valence-electron chi connectivity index (χ4n) is 1.74. The van der Waals surface area contributed by atoms with Crippen molar-refractivity contribution in [3.8, 4) is 11.5 Å². The number of nitrogens with one attached hydrogen (secondary N) is 1. The van der Waals surface area contributed by atoms with Crippen LogP contribution < -0.4 is 5.32 Å². The van der Waals surface area contributed by atoms with Gasteiger partial charge in [-0.15, -0.1) is 10.2 Å². The molecule has 1 N–H and O–H groups in total. The van der Waals surface area contributed by atoms with Crippen molar-refractivity contribution in [3.63, 3.8) is 0 Å². The van der Waals surface area contributed by atoms with Gasteiger partial charge in [0.2, 0.25) is 12.3 Å². The van der Waals surface area contributed by atoms with E-state index in [1.54, 1.807) is 0 Å². The standard InChI is InChI=1S/C13H17N3O/c1-3-11(4-2)15-12-7-5-10(6-8-12)13-16-14-9-17-13/h5-9,11,15H,3-4H2,1-2H3. The fourth-order valence-corrected chi connectivity index (χ4v) is 1.74. The lowest BCUT2D eigenvalue weighted by atomic mass is 10.1. The molecular weight excluding hydrogens is 214 g/mol. The Labute approximate surface area is 101 Å². The second-order valence-electron chi connectivity index (χ2n) is 3.98. The maximum atomic E-state index is 5.14. The first-order valence-corrected chi connectivity index (χ1v) is 5.96. The van der Waals surface area contributed by atoms with E-state index >= 15 is 0 Å². The van der Waals surface area contributed by atoms with E-state index in [1.807, 2.05) is 24.3 Å². The summed E-state index contributed by atoms with van der Waals surface area (Å²) in [6, 6.07) is 8.58. The molecule has 0 aliphatic carbocycles. The molecule has 0 saturated heterocycles. The molecule has 1 heterocycles. The van der Waals surface area contributed by atoms with Crippen molar-refractivity contribution in [2.75, 3.05) is 5.32 Å². The normalized spacial score (nSPS) is 10.8. The van der Waals surface area contributed by atoms with Crippen molar-refractivity contribution in [3.05, 3.63) is 30.7 Å². The Kier molecular flexibility index (Phi) is 3.75. The molecule has 1 aromatic carbocycles. The summed E-state index contributed by atoms with van der Waals surface area (Å²) in [5, 5.41) is 11.0. The van der Waals surface area contributed by atoms with Crippen molar-refractivity contribution < 1.29 is 4.42 Å². The van der Waals surface area contributed by atoms with Crippen molar-refractivity contribution >= 4 is 5.69 Å². The second-order valence-corrected chi connectivity index (χ2v) is 3.98. The molecule has 0 amide bonds. The number of rotatable bonds is 5. The molecule has 0 bridgehead atoms. The summed E-state index contributed by atoms with van der Waals surface area (Å²) in [6.45, 7) is 4.38. The van der Waals surface area contributed by atoms with Gasteiger partial charge < -0.3 is 9.73 Å². The Morgan fingerprint density at radius 3 is 2.41 bits per heavy atom. The van der Waals surface area contributed by atoms with E-state index in [0.29, 0.717) is 11.9 Å². The minimum Gasteiger partial charge on any atom is -0.423 e. The first kappa shape index (κ1) is 11.6. The molecule has 0 saturated carbocycles. The van der Waals surface area contributed by atoms with Crippen molar-refractivity contribution in [2.45, 2.75) is 32.7 Å². The first-order chi connectivity index (χ1) is 8.33. The van der Waals surface area contributed by atoms with Crippen molar-refractivity contribution in [1.82, 2.24) is 10.2 Å². The fraction of sp³-hybridized carbons (Fsp3) is 0.385. The van der Waals surface area contributed by atoms with E-state index in [2.05, 4.69) is 29.4 Å². The lowest BCUT2D eigenvalue weighted by Gasteiger charge is -2.16. The average Bonchev–Trinajstić information content (AvgIpc) is 2.90. The zero-order valence-electron chi connectivity index (χ0n) is 10.2. The van der Waals surface area contributed by atoms with E-state index in [1.165, 1.54) is 6.39 Å². The van der Waals surface area contributed by atoms with Gasteiger partial charge in [-0.1, -0.05) is 13.8 Å². The highest BCUT2D eigenvalue weighted by atomic mass is 16.4. The lowest BCUT2D eigenvalue weighted by Crippen LogP contribution is -2.16. The summed E-state index contributed by atoms with van der Waals surface area (Å²) < 4.78 is 5.14. The first-order valence-electron chi connectivity index (χ1n) is 5.96. The highest BCUT2D eigenvalue weighted by Gasteiger charge is 2.05. The van der Waals surface area contributed by atoms with Gasteiger partial charge in [0.05, 0.1) is 0 Å². The summed E-state index contributed by atoms with van der Waals surface area (Å²) in [7, 11) is 0. The number of hydrogen-bond donors (Lipinski definition) is 1. The van der Waals surface area contributed by atoms with Crippen molar-refractivity contribution in [2.24, 2.45) is 0 Å². The third-order valence-electron chi connectivity index (χ3n) is 2.85. The van der Waals surface area contributed by atoms with E-state index in [4.69, 9.17) is 4.42 Å². The number of nitrogens with zero attached hydrogens (tertiary/aromatic N) is 2. The summed E-state index contributed by atoms with van der Waals surface area (Å²) >= 11 is 0. The second kappa shape index (κ2) is 5.48. The van der Waals surface area contributed by atoms with Crippen LogP contribution in [0.15, 0.2) is 35.1 Å². The molecule has 17 heavy (non-hydrogen) atoms. The van der Waals surface area contributed by atoms with Gasteiger partial charge >= 0.3 is 0 Å². The van der Waals surface area contributed by atoms with E-state index < -0.39 is 0 Å². The van der Waals surface area contributed by atoms with Crippen LogP contribution in [0.5, 0.6) is 0 Å². The van der Waals surface area contributed by atoms with Gasteiger partial charge in [-0.25, -0.2) is 0 Å². The highest BCUT2D eigenvalue weighted by molar-refractivity contribution is 5.58. The van der Waals surface area contributed by atoms with Crippen LogP contribution in [0.4, 0.5) is 5.69 Å². The molecule has 1 aromatic heterocycles. The lowest BCUT2D eigenvalue weighted by molar-refractivity contribution is 0.568. The molecule has 0 radical (unpaired) electrons. The van der Waals surface area contributed by atoms with Gasteiger partial charge in [-0.2, -0.15) is 0 Å². The maximum absolute atomic E-state index is 5.14. The highest BCUT2D eigenvalue weighted by Crippen LogP contribution is 2.19. The summed E-state index contributed by atoms with van der Waals surface area (Å²) in [5.74, 6) is 0.555. The van der Waals surface area contributed by atoms with Gasteiger partial charge in [-0.05, 0) is 37.1 Å². The van der Waals surface area contributed by atoms with Crippen LogP contribution in [0.25, 0.3) is 11.5 Å². The minimum absolute atomic E-state index is 0.532. The molecule has 90 valence electrons. The van der Waals surface area contributed by atoms with Gasteiger partial charge in [0.25, 0.3) is 0 Å². The Morgan fingerprint density at radius 1 is 1.18 bits per heavy atom. The molecule has 2 aromatic rings. The Morgan fingerprint density at radius 2 is 1.88 bits per heavy atom. The minimum atomic E-state index is 0.532. The molecular formula is C13H17N3O. The molecule has 0 aliphatic rings. The number of benzene rings is 1. The van der Waals surface area contributed by atoms with Crippen LogP contribution in [0.2, 0.25) is 0 Å². The van der Waals surface area contributed by atoms with Gasteiger partial charge in [0, 0.05) is 17.3 Å². The van der Waals surface area contributed by atoms with Crippen molar-refractivity contribution in [1.29, 1.82) is 0 Å². The quantitative estimate of drug-likeness (QED) is 0.857. The molecule has 0 unspecified atom stereocenters.